The van der Waals surface area contributed by atoms with Gasteiger partial charge >= 0.3 is 0 Å². The second-order valence-corrected chi connectivity index (χ2v) is 13.2. The van der Waals surface area contributed by atoms with Gasteiger partial charge in [-0.1, -0.05) is 31.3 Å². The second kappa shape index (κ2) is 9.82. The molecule has 0 bridgehead atoms. The van der Waals surface area contributed by atoms with Gasteiger partial charge in [0.05, 0.1) is 17.3 Å². The van der Waals surface area contributed by atoms with Gasteiger partial charge in [0.1, 0.15) is 16.1 Å². The van der Waals surface area contributed by atoms with E-state index in [1.807, 2.05) is 0 Å². The van der Waals surface area contributed by atoms with Crippen LogP contribution in [-0.2, 0) is 20.2 Å². The number of nitrogens with zero attached hydrogens (tertiary/aromatic N) is 7. The number of carbonyl (C=O) groups excluding carboxylic acids is 1. The Labute approximate surface area is 241 Å². The van der Waals surface area contributed by atoms with Gasteiger partial charge in [0.2, 0.25) is 21.1 Å². The number of benzene rings is 1. The summed E-state index contributed by atoms with van der Waals surface area (Å²) in [6.45, 7) is 3.97. The smallest absolute Gasteiger partial charge is 0.291 e. The number of hydrogen-bond acceptors (Lipinski definition) is 9. The van der Waals surface area contributed by atoms with Gasteiger partial charge in [0.15, 0.2) is 16.5 Å². The van der Waals surface area contributed by atoms with E-state index in [1.54, 1.807) is 31.0 Å². The lowest BCUT2D eigenvalue weighted by Crippen LogP contribution is -2.33. The van der Waals surface area contributed by atoms with Gasteiger partial charge in [-0.2, -0.15) is 5.26 Å². The molecular formula is C26H23F3N8O3S2. The molecule has 0 spiro atoms. The van der Waals surface area contributed by atoms with Crippen LogP contribution in [0.2, 0.25) is 0 Å². The lowest BCUT2D eigenvalue weighted by atomic mass is 9.94. The first kappa shape index (κ1) is 28.2. The molecule has 42 heavy (non-hydrogen) atoms. The first-order chi connectivity index (χ1) is 19.8. The molecule has 1 aliphatic heterocycles. The highest BCUT2D eigenvalue weighted by molar-refractivity contribution is 7.89. The van der Waals surface area contributed by atoms with Crippen LogP contribution in [0.25, 0.3) is 27.1 Å². The van der Waals surface area contributed by atoms with Gasteiger partial charge in [-0.3, -0.25) is 9.36 Å². The van der Waals surface area contributed by atoms with Crippen molar-refractivity contribution < 1.29 is 26.4 Å². The molecule has 1 aliphatic carbocycles. The number of aromatic nitrogens is 5. The number of nitriles is 1. The minimum atomic E-state index is -4.52. The molecule has 218 valence electrons. The third-order valence-electron chi connectivity index (χ3n) is 7.50. The molecule has 0 radical (unpaired) electrons. The van der Waals surface area contributed by atoms with Crippen molar-refractivity contribution in [3.05, 3.63) is 46.8 Å². The number of hydrogen-bond donors (Lipinski definition) is 1. The summed E-state index contributed by atoms with van der Waals surface area (Å²) in [7, 11) is -4.52. The Bertz CT molecular complexity index is 1960. The predicted octanol–water partition coefficient (Wildman–Crippen LogP) is 4.19. The minimum Gasteiger partial charge on any atom is -0.319 e. The Balaban J connectivity index is 1.69. The van der Waals surface area contributed by atoms with Crippen LogP contribution in [0.15, 0.2) is 29.3 Å². The number of nitrogens with two attached hydrogens (primary N) is 1. The SMILES string of the molecule is CC(C)C(=O)N1C=CC(c2nc(C3(C#N)CC3)nc3c2c2cc(F)c(S(N)(=O)=O)cc2n3-c2nnc(C(F)F)s2)CC1. The molecule has 0 saturated heterocycles. The zero-order chi connectivity index (χ0) is 30.1. The Morgan fingerprint density at radius 3 is 2.52 bits per heavy atom. The fraction of sp³-hybridized carbons (Fsp3) is 0.385. The van der Waals surface area contributed by atoms with Crippen molar-refractivity contribution in [1.82, 2.24) is 29.6 Å². The Kier molecular flexibility index (Phi) is 6.59. The average Bonchev–Trinajstić information content (AvgIpc) is 3.48. The van der Waals surface area contributed by atoms with Gasteiger partial charge in [-0.25, -0.2) is 36.7 Å². The molecule has 6 rings (SSSR count). The quantitative estimate of drug-likeness (QED) is 0.337. The summed E-state index contributed by atoms with van der Waals surface area (Å²) in [4.78, 5) is 22.9. The average molecular weight is 617 g/mol. The third-order valence-corrected chi connectivity index (χ3v) is 9.35. The first-order valence-corrected chi connectivity index (χ1v) is 15.3. The van der Waals surface area contributed by atoms with Crippen LogP contribution in [0, 0.1) is 23.1 Å². The number of alkyl halides is 2. The zero-order valence-corrected chi connectivity index (χ0v) is 23.9. The highest BCUT2D eigenvalue weighted by atomic mass is 32.2. The first-order valence-electron chi connectivity index (χ1n) is 13.0. The van der Waals surface area contributed by atoms with Crippen molar-refractivity contribution in [2.45, 2.75) is 55.8 Å². The van der Waals surface area contributed by atoms with E-state index in [2.05, 4.69) is 21.3 Å². The van der Waals surface area contributed by atoms with Crippen LogP contribution < -0.4 is 5.14 Å². The number of allylic oxidation sites excluding steroid dienone is 1. The van der Waals surface area contributed by atoms with Crippen molar-refractivity contribution in [1.29, 1.82) is 5.26 Å². The van der Waals surface area contributed by atoms with Crippen molar-refractivity contribution >= 4 is 49.2 Å². The summed E-state index contributed by atoms with van der Waals surface area (Å²) in [6.07, 6.45) is 1.99. The maximum Gasteiger partial charge on any atom is 0.291 e. The van der Waals surface area contributed by atoms with E-state index in [9.17, 15) is 27.3 Å². The minimum absolute atomic E-state index is 0.0556. The third kappa shape index (κ3) is 4.52. The molecule has 4 heterocycles. The number of rotatable bonds is 6. The van der Waals surface area contributed by atoms with Gasteiger partial charge in [0, 0.05) is 35.4 Å². The highest BCUT2D eigenvalue weighted by Crippen LogP contribution is 2.48. The normalized spacial score (nSPS) is 18.4. The molecule has 2 N–H and O–H groups in total. The van der Waals surface area contributed by atoms with Crippen LogP contribution in [-0.4, -0.2) is 50.5 Å². The highest BCUT2D eigenvalue weighted by Gasteiger charge is 2.49. The van der Waals surface area contributed by atoms with Crippen molar-refractivity contribution in [2.75, 3.05) is 6.54 Å². The summed E-state index contributed by atoms with van der Waals surface area (Å²) in [5.74, 6) is -1.58. The van der Waals surface area contributed by atoms with Gasteiger partial charge < -0.3 is 4.90 Å². The molecule has 1 atom stereocenters. The number of primary sulfonamides is 1. The molecule has 1 fully saturated rings. The maximum absolute atomic E-state index is 15.3. The van der Waals surface area contributed by atoms with Crippen LogP contribution >= 0.6 is 11.3 Å². The van der Waals surface area contributed by atoms with E-state index in [0.717, 1.165) is 12.1 Å². The summed E-state index contributed by atoms with van der Waals surface area (Å²) in [5, 5.41) is 22.6. The Hall–Kier alpha value is -3.94. The maximum atomic E-state index is 15.3. The van der Waals surface area contributed by atoms with Crippen LogP contribution in [0.3, 0.4) is 0 Å². The largest absolute Gasteiger partial charge is 0.319 e. The summed E-state index contributed by atoms with van der Waals surface area (Å²) < 4.78 is 68.0. The lowest BCUT2D eigenvalue weighted by molar-refractivity contribution is -0.132. The van der Waals surface area contributed by atoms with E-state index in [-0.39, 0.29) is 39.3 Å². The lowest BCUT2D eigenvalue weighted by Gasteiger charge is -2.28. The molecule has 3 aromatic heterocycles. The number of sulfonamides is 1. The number of fused-ring (bicyclic) bond motifs is 3. The van der Waals surface area contributed by atoms with Crippen molar-refractivity contribution in [2.24, 2.45) is 11.1 Å². The van der Waals surface area contributed by atoms with E-state index in [1.165, 1.54) is 4.57 Å². The summed E-state index contributed by atoms with van der Waals surface area (Å²) in [6, 6.07) is 4.26. The van der Waals surface area contributed by atoms with Crippen LogP contribution in [0.1, 0.15) is 62.0 Å². The summed E-state index contributed by atoms with van der Waals surface area (Å²) in [5.41, 5.74) is -0.328. The molecule has 16 heteroatoms. The Morgan fingerprint density at radius 2 is 1.98 bits per heavy atom. The van der Waals surface area contributed by atoms with Crippen LogP contribution in [0.4, 0.5) is 13.2 Å². The molecule has 1 unspecified atom stereocenters. The number of amides is 1. The monoisotopic (exact) mass is 616 g/mol. The van der Waals surface area contributed by atoms with Crippen molar-refractivity contribution in [3.63, 3.8) is 0 Å². The molecule has 1 aromatic carbocycles. The standard InChI is InChI=1S/C26H23F3N8O3S2/c1-12(2)23(38)36-7-3-13(4-8-36)19-18-14-9-15(27)17(42(31,39)40)10-16(14)37(25-35-34-22(41-25)20(28)29)21(18)33-24(32-19)26(11-30)5-6-26/h3,7,9-10,12-13,20H,4-6,8H2,1-2H3,(H2,31,39,40). The molecule has 4 aromatic rings. The summed E-state index contributed by atoms with van der Waals surface area (Å²) >= 11 is 0.561. The second-order valence-electron chi connectivity index (χ2n) is 10.7. The van der Waals surface area contributed by atoms with Gasteiger partial charge in [-0.15, -0.1) is 10.2 Å². The predicted molar refractivity (Wildman–Crippen MR) is 146 cm³/mol. The van der Waals surface area contributed by atoms with Crippen LogP contribution in [0.5, 0.6) is 0 Å². The molecular weight excluding hydrogens is 593 g/mol. The van der Waals surface area contributed by atoms with Gasteiger partial charge in [0.25, 0.3) is 6.43 Å². The van der Waals surface area contributed by atoms with E-state index in [0.29, 0.717) is 48.2 Å². The van der Waals surface area contributed by atoms with E-state index < -0.39 is 43.5 Å². The Morgan fingerprint density at radius 1 is 1.24 bits per heavy atom. The topological polar surface area (TPSA) is 161 Å². The van der Waals surface area contributed by atoms with Crippen molar-refractivity contribution in [3.8, 4) is 11.2 Å². The number of halogens is 3. The number of carbonyl (C=O) groups is 1. The fourth-order valence-electron chi connectivity index (χ4n) is 5.14. The molecule has 2 aliphatic rings. The molecule has 1 saturated carbocycles. The van der Waals surface area contributed by atoms with Gasteiger partial charge in [-0.05, 0) is 31.4 Å². The fourth-order valence-corrected chi connectivity index (χ4v) is 6.46. The van der Waals surface area contributed by atoms with E-state index in [4.69, 9.17) is 10.1 Å². The zero-order valence-electron chi connectivity index (χ0n) is 22.3. The molecule has 1 amide bonds. The van der Waals surface area contributed by atoms with E-state index >= 15 is 4.39 Å². The molecule has 11 nitrogen and oxygen atoms in total.